The van der Waals surface area contributed by atoms with Crippen molar-refractivity contribution in [3.05, 3.63) is 101 Å². The minimum absolute atomic E-state index is 0.0822. The number of carbonyl (C=O) groups is 1. The van der Waals surface area contributed by atoms with E-state index in [1.807, 2.05) is 23.1 Å². The van der Waals surface area contributed by atoms with Gasteiger partial charge >= 0.3 is 0 Å². The van der Waals surface area contributed by atoms with Crippen molar-refractivity contribution in [3.63, 3.8) is 0 Å². The summed E-state index contributed by atoms with van der Waals surface area (Å²) < 4.78 is 52.6. The van der Waals surface area contributed by atoms with Crippen LogP contribution in [0.2, 0.25) is 0 Å². The number of nitriles is 1. The molecule has 3 aliphatic rings. The van der Waals surface area contributed by atoms with Crippen molar-refractivity contribution in [1.82, 2.24) is 14.8 Å². The summed E-state index contributed by atoms with van der Waals surface area (Å²) in [7, 11) is -1.42. The Labute approximate surface area is 279 Å². The fraction of sp³-hybridized carbons (Fsp3) is 0.343. The molecule has 12 nitrogen and oxygen atoms in total. The number of sulfonamides is 1. The van der Waals surface area contributed by atoms with E-state index < -0.39 is 27.5 Å². The van der Waals surface area contributed by atoms with E-state index in [1.54, 1.807) is 19.4 Å². The highest BCUT2D eigenvalue weighted by Gasteiger charge is 2.62. The fourth-order valence-corrected chi connectivity index (χ4v) is 8.66. The molecule has 0 bridgehead atoms. The lowest BCUT2D eigenvalue weighted by Crippen LogP contribution is -2.54. The first-order chi connectivity index (χ1) is 23.3. The number of morpholine rings is 1. The zero-order valence-corrected chi connectivity index (χ0v) is 27.5. The van der Waals surface area contributed by atoms with Crippen LogP contribution in [-0.2, 0) is 31.6 Å². The van der Waals surface area contributed by atoms with Crippen LogP contribution in [0.4, 0.5) is 5.69 Å². The number of likely N-dealkylation sites (tertiary alicyclic amines) is 1. The van der Waals surface area contributed by atoms with Crippen LogP contribution in [-0.4, -0.2) is 76.2 Å². The number of hydrogen-bond donors (Lipinski definition) is 0. The Morgan fingerprint density at radius 3 is 2.48 bits per heavy atom. The maximum atomic E-state index is 15.5. The molecule has 2 saturated heterocycles. The van der Waals surface area contributed by atoms with Gasteiger partial charge in [0.05, 0.1) is 61.9 Å². The molecule has 0 N–H and O–H groups in total. The van der Waals surface area contributed by atoms with E-state index in [9.17, 15) is 13.7 Å². The zero-order chi connectivity index (χ0) is 33.5. The maximum Gasteiger partial charge on any atom is 0.271 e. The molecule has 13 heteroatoms. The molecule has 4 aromatic rings. The van der Waals surface area contributed by atoms with Gasteiger partial charge in [-0.1, -0.05) is 12.1 Å². The van der Waals surface area contributed by atoms with Gasteiger partial charge in [0.15, 0.2) is 5.54 Å². The van der Waals surface area contributed by atoms with Crippen molar-refractivity contribution in [2.75, 3.05) is 51.4 Å². The number of benzene rings is 3. The zero-order valence-electron chi connectivity index (χ0n) is 26.7. The largest absolute Gasteiger partial charge is 0.497 e. The monoisotopic (exact) mass is 669 g/mol. The van der Waals surface area contributed by atoms with Gasteiger partial charge in [0.25, 0.3) is 15.9 Å². The molecule has 0 saturated carbocycles. The Morgan fingerprint density at radius 1 is 1.00 bits per heavy atom. The second-order valence-corrected chi connectivity index (χ2v) is 13.7. The van der Waals surface area contributed by atoms with Gasteiger partial charge in [-0.2, -0.15) is 5.26 Å². The van der Waals surface area contributed by atoms with E-state index >= 15 is 4.79 Å². The van der Waals surface area contributed by atoms with Crippen molar-refractivity contribution in [2.24, 2.45) is 0 Å². The van der Waals surface area contributed by atoms with E-state index in [0.717, 1.165) is 23.0 Å². The summed E-state index contributed by atoms with van der Waals surface area (Å²) in [5, 5.41) is 10.0. The number of nitrogens with zero attached hydrogens (tertiary/aromatic N) is 5. The first kappa shape index (κ1) is 31.8. The van der Waals surface area contributed by atoms with E-state index in [1.165, 1.54) is 49.8 Å². The predicted octanol–water partition coefficient (Wildman–Crippen LogP) is 4.21. The Kier molecular flexibility index (Phi) is 8.43. The van der Waals surface area contributed by atoms with Gasteiger partial charge < -0.3 is 18.6 Å². The normalized spacial score (nSPS) is 21.6. The number of carbonyl (C=O) groups excluding carboxylic acids is 1. The highest BCUT2D eigenvalue weighted by Crippen LogP contribution is 2.56. The summed E-state index contributed by atoms with van der Waals surface area (Å²) in [5.41, 5.74) is 0.513. The van der Waals surface area contributed by atoms with Crippen LogP contribution in [0.5, 0.6) is 11.5 Å². The van der Waals surface area contributed by atoms with E-state index in [0.29, 0.717) is 67.7 Å². The van der Waals surface area contributed by atoms with Crippen molar-refractivity contribution >= 4 is 21.6 Å². The molecule has 2 atom stereocenters. The molecular formula is C35H35N5O7S. The Hall–Kier alpha value is -4.74. The van der Waals surface area contributed by atoms with Crippen LogP contribution in [0.25, 0.3) is 0 Å². The van der Waals surface area contributed by atoms with Crippen molar-refractivity contribution in [3.8, 4) is 17.6 Å². The minimum Gasteiger partial charge on any atom is -0.497 e. The highest BCUT2D eigenvalue weighted by atomic mass is 32.2. The molecule has 248 valence electrons. The van der Waals surface area contributed by atoms with Gasteiger partial charge in [0, 0.05) is 37.3 Å². The smallest absolute Gasteiger partial charge is 0.271 e. The van der Waals surface area contributed by atoms with E-state index in [-0.39, 0.29) is 16.1 Å². The standard InChI is InChI=1S/C35H35N5O7S/c1-44-26-7-9-27(10-8-26)48(42,43)40-30-12-6-24(22-36)20-29(30)35(34(40)41,39-14-3-4-31(39)33-37-13-17-47-33)28-11-5-25(21-32(28)45-2)23-38-15-18-46-19-16-38/h5-13,17,20-21,31H,3-4,14-16,18-19,23H2,1-2H3/t31-,35?/m0/s1. The molecule has 0 spiro atoms. The van der Waals surface area contributed by atoms with E-state index in [2.05, 4.69) is 16.0 Å². The lowest BCUT2D eigenvalue weighted by molar-refractivity contribution is -0.127. The molecule has 1 aromatic heterocycles. The van der Waals surface area contributed by atoms with Crippen LogP contribution < -0.4 is 13.8 Å². The lowest BCUT2D eigenvalue weighted by Gasteiger charge is -2.41. The Bertz CT molecular complexity index is 1970. The number of hydrogen-bond acceptors (Lipinski definition) is 11. The van der Waals surface area contributed by atoms with Gasteiger partial charge in [-0.3, -0.25) is 14.6 Å². The molecule has 3 aliphatic heterocycles. The summed E-state index contributed by atoms with van der Waals surface area (Å²) in [4.78, 5) is 24.1. The van der Waals surface area contributed by atoms with Gasteiger partial charge in [0.2, 0.25) is 5.89 Å². The Morgan fingerprint density at radius 2 is 1.79 bits per heavy atom. The van der Waals surface area contributed by atoms with Gasteiger partial charge in [-0.15, -0.1) is 0 Å². The number of methoxy groups -OCH3 is 2. The van der Waals surface area contributed by atoms with Crippen LogP contribution in [0, 0.1) is 11.3 Å². The van der Waals surface area contributed by atoms with Crippen molar-refractivity contribution < 1.29 is 31.8 Å². The third kappa shape index (κ3) is 5.12. The number of anilines is 1. The van der Waals surface area contributed by atoms with Crippen LogP contribution in [0.15, 0.2) is 82.4 Å². The van der Waals surface area contributed by atoms with Crippen LogP contribution >= 0.6 is 0 Å². The molecule has 1 unspecified atom stereocenters. The first-order valence-corrected chi connectivity index (χ1v) is 17.2. The van der Waals surface area contributed by atoms with Crippen LogP contribution in [0.1, 0.15) is 47.0 Å². The van der Waals surface area contributed by atoms with Gasteiger partial charge in [0.1, 0.15) is 17.8 Å². The molecule has 4 heterocycles. The lowest BCUT2D eigenvalue weighted by atomic mass is 9.80. The fourth-order valence-electron chi connectivity index (χ4n) is 7.20. The first-order valence-electron chi connectivity index (χ1n) is 15.7. The molecule has 48 heavy (non-hydrogen) atoms. The second-order valence-electron chi connectivity index (χ2n) is 11.9. The number of fused-ring (bicyclic) bond motifs is 1. The van der Waals surface area contributed by atoms with Crippen molar-refractivity contribution in [1.29, 1.82) is 5.26 Å². The molecule has 2 fully saturated rings. The third-order valence-corrected chi connectivity index (χ3v) is 11.1. The van der Waals surface area contributed by atoms with E-state index in [4.69, 9.17) is 18.6 Å². The SMILES string of the molecule is COc1ccc(S(=O)(=O)N2C(=O)C(c3ccc(CN4CCOCC4)cc3OC)(N3CCC[C@H]3c3ncco3)c3cc(C#N)ccc32)cc1. The van der Waals surface area contributed by atoms with Gasteiger partial charge in [-0.05, 0) is 66.9 Å². The molecule has 0 radical (unpaired) electrons. The maximum absolute atomic E-state index is 15.5. The Balaban J connectivity index is 1.46. The summed E-state index contributed by atoms with van der Waals surface area (Å²) in [6, 6.07) is 18.0. The number of oxazole rings is 1. The summed E-state index contributed by atoms with van der Waals surface area (Å²) >= 11 is 0. The summed E-state index contributed by atoms with van der Waals surface area (Å²) in [5.74, 6) is 0.602. The topological polar surface area (TPSA) is 138 Å². The highest BCUT2D eigenvalue weighted by molar-refractivity contribution is 7.93. The molecule has 3 aromatic carbocycles. The third-order valence-electron chi connectivity index (χ3n) is 9.41. The number of amides is 1. The number of ether oxygens (including phenoxy) is 3. The van der Waals surface area contributed by atoms with Crippen molar-refractivity contribution in [2.45, 2.75) is 35.9 Å². The minimum atomic E-state index is -4.45. The van der Waals surface area contributed by atoms with Crippen LogP contribution in [0.3, 0.4) is 0 Å². The predicted molar refractivity (Wildman–Crippen MR) is 174 cm³/mol. The summed E-state index contributed by atoms with van der Waals surface area (Å²) in [6.07, 6.45) is 4.35. The number of rotatable bonds is 9. The molecule has 1 amide bonds. The average molecular weight is 670 g/mol. The van der Waals surface area contributed by atoms with Gasteiger partial charge in [-0.25, -0.2) is 17.7 Å². The quantitative estimate of drug-likeness (QED) is 0.253. The summed E-state index contributed by atoms with van der Waals surface area (Å²) in [6.45, 7) is 3.96. The molecule has 7 rings (SSSR count). The molecular weight excluding hydrogens is 634 g/mol. The molecule has 0 aliphatic carbocycles. The number of aromatic nitrogens is 1. The average Bonchev–Trinajstić information content (AvgIpc) is 3.87. The second kappa shape index (κ2) is 12.7.